The van der Waals surface area contributed by atoms with Crippen molar-refractivity contribution < 1.29 is 13.2 Å². The van der Waals surface area contributed by atoms with Crippen molar-refractivity contribution in [2.24, 2.45) is 0 Å². The molecule has 7 heteroatoms. The molecular formula is C17H17BrN2O3S. The van der Waals surface area contributed by atoms with Gasteiger partial charge in [0, 0.05) is 11.5 Å². The van der Waals surface area contributed by atoms with E-state index in [2.05, 4.69) is 15.9 Å². The third-order valence-electron chi connectivity index (χ3n) is 4.15. The molecule has 5 nitrogen and oxygen atoms in total. The molecule has 1 atom stereocenters. The average molecular weight is 409 g/mol. The number of rotatable bonds is 2. The van der Waals surface area contributed by atoms with Crippen LogP contribution < -0.4 is 9.21 Å². The predicted octanol–water partition coefficient (Wildman–Crippen LogP) is 3.32. The molecule has 0 aromatic heterocycles. The molecule has 0 fully saturated rings. The van der Waals surface area contributed by atoms with Gasteiger partial charge in [-0.3, -0.25) is 9.10 Å². The summed E-state index contributed by atoms with van der Waals surface area (Å²) in [6.07, 6.45) is 0. The molecule has 2 aromatic rings. The number of likely N-dealkylation sites (N-methyl/N-ethyl adjacent to an activating group) is 1. The highest BCUT2D eigenvalue weighted by molar-refractivity contribution is 9.10. The monoisotopic (exact) mass is 408 g/mol. The molecule has 0 radical (unpaired) electrons. The summed E-state index contributed by atoms with van der Waals surface area (Å²) >= 11 is 3.38. The smallest absolute Gasteiger partial charge is 0.265 e. The molecule has 0 unspecified atom stereocenters. The predicted molar refractivity (Wildman–Crippen MR) is 97.9 cm³/mol. The first-order chi connectivity index (χ1) is 11.2. The van der Waals surface area contributed by atoms with E-state index in [1.165, 1.54) is 9.21 Å². The average Bonchev–Trinajstić information content (AvgIpc) is 2.53. The molecule has 1 amide bonds. The van der Waals surface area contributed by atoms with Crippen LogP contribution >= 0.6 is 15.9 Å². The second-order valence-electron chi connectivity index (χ2n) is 5.82. The van der Waals surface area contributed by atoms with Crippen LogP contribution in [-0.2, 0) is 14.8 Å². The van der Waals surface area contributed by atoms with Gasteiger partial charge >= 0.3 is 0 Å². The zero-order chi connectivity index (χ0) is 17.6. The van der Waals surface area contributed by atoms with Gasteiger partial charge in [0.1, 0.15) is 6.04 Å². The van der Waals surface area contributed by atoms with Crippen molar-refractivity contribution in [3.05, 3.63) is 52.5 Å². The van der Waals surface area contributed by atoms with Gasteiger partial charge in [-0.15, -0.1) is 0 Å². The maximum Gasteiger partial charge on any atom is 0.265 e. The van der Waals surface area contributed by atoms with Crippen LogP contribution in [0.3, 0.4) is 0 Å². The van der Waals surface area contributed by atoms with E-state index in [0.717, 1.165) is 10.0 Å². The Morgan fingerprint density at radius 3 is 2.29 bits per heavy atom. The lowest BCUT2D eigenvalue weighted by Gasteiger charge is -2.39. The fourth-order valence-corrected chi connectivity index (χ4v) is 4.79. The third-order valence-corrected chi connectivity index (χ3v) is 6.55. The highest BCUT2D eigenvalue weighted by Gasteiger charge is 2.40. The minimum Gasteiger partial charge on any atom is -0.312 e. The minimum atomic E-state index is -3.85. The van der Waals surface area contributed by atoms with Crippen molar-refractivity contribution in [3.63, 3.8) is 0 Å². The summed E-state index contributed by atoms with van der Waals surface area (Å²) < 4.78 is 28.3. The molecule has 24 heavy (non-hydrogen) atoms. The summed E-state index contributed by atoms with van der Waals surface area (Å²) in [6.45, 7) is 3.50. The summed E-state index contributed by atoms with van der Waals surface area (Å²) in [4.78, 5) is 14.2. The van der Waals surface area contributed by atoms with Gasteiger partial charge in [-0.25, -0.2) is 8.42 Å². The molecule has 3 rings (SSSR count). The number of fused-ring (bicyclic) bond motifs is 1. The van der Waals surface area contributed by atoms with Crippen molar-refractivity contribution >= 4 is 43.2 Å². The number of carbonyl (C=O) groups excluding carboxylic acids is 1. The maximum atomic E-state index is 13.2. The first kappa shape index (κ1) is 17.0. The van der Waals surface area contributed by atoms with E-state index >= 15 is 0 Å². The molecule has 0 saturated carbocycles. The lowest BCUT2D eigenvalue weighted by atomic mass is 10.1. The second kappa shape index (κ2) is 5.89. The molecule has 126 valence electrons. The summed E-state index contributed by atoms with van der Waals surface area (Å²) in [7, 11) is -2.20. The van der Waals surface area contributed by atoms with E-state index in [4.69, 9.17) is 0 Å². The summed E-state index contributed by atoms with van der Waals surface area (Å²) in [6, 6.07) is 11.1. The first-order valence-corrected chi connectivity index (χ1v) is 9.65. The zero-order valence-electron chi connectivity index (χ0n) is 13.5. The number of aryl methyl sites for hydroxylation is 1. The number of nitrogens with zero attached hydrogens (tertiary/aromatic N) is 2. The van der Waals surface area contributed by atoms with Crippen LogP contribution in [0.4, 0.5) is 11.4 Å². The SMILES string of the molecule is Cc1ccc(S(=O)(=O)N2c3cc(Br)ccc3N(C)C(=O)[C@@H]2C)cc1. The van der Waals surface area contributed by atoms with Gasteiger partial charge in [0.15, 0.2) is 0 Å². The van der Waals surface area contributed by atoms with Crippen molar-refractivity contribution in [2.75, 3.05) is 16.3 Å². The quantitative estimate of drug-likeness (QED) is 0.765. The Hall–Kier alpha value is -1.86. The van der Waals surface area contributed by atoms with Crippen molar-refractivity contribution in [1.29, 1.82) is 0 Å². The summed E-state index contributed by atoms with van der Waals surface area (Å²) in [5, 5.41) is 0. The van der Waals surface area contributed by atoms with E-state index in [9.17, 15) is 13.2 Å². The van der Waals surface area contributed by atoms with E-state index < -0.39 is 16.1 Å². The van der Waals surface area contributed by atoms with Crippen LogP contribution in [0, 0.1) is 6.92 Å². The van der Waals surface area contributed by atoms with Crippen LogP contribution in [0.5, 0.6) is 0 Å². The number of halogens is 1. The number of benzene rings is 2. The fourth-order valence-electron chi connectivity index (χ4n) is 2.83. The third kappa shape index (κ3) is 2.61. The first-order valence-electron chi connectivity index (χ1n) is 7.41. The Bertz CT molecular complexity index is 910. The van der Waals surface area contributed by atoms with E-state index in [1.54, 1.807) is 56.4 Å². The van der Waals surface area contributed by atoms with Crippen molar-refractivity contribution in [1.82, 2.24) is 0 Å². The van der Waals surface area contributed by atoms with Crippen LogP contribution in [0.2, 0.25) is 0 Å². The normalized spacial score (nSPS) is 17.8. The Kier molecular flexibility index (Phi) is 4.17. The highest BCUT2D eigenvalue weighted by atomic mass is 79.9. The van der Waals surface area contributed by atoms with Gasteiger partial charge in [0.05, 0.1) is 16.3 Å². The fraction of sp³-hybridized carbons (Fsp3) is 0.235. The molecule has 0 saturated heterocycles. The minimum absolute atomic E-state index is 0.170. The van der Waals surface area contributed by atoms with Gasteiger partial charge in [-0.05, 0) is 44.2 Å². The number of hydrogen-bond acceptors (Lipinski definition) is 3. The molecule has 2 aromatic carbocycles. The number of hydrogen-bond donors (Lipinski definition) is 0. The lowest BCUT2D eigenvalue weighted by Crippen LogP contribution is -2.52. The van der Waals surface area contributed by atoms with E-state index in [0.29, 0.717) is 11.4 Å². The molecule has 0 N–H and O–H groups in total. The van der Waals surface area contributed by atoms with Crippen LogP contribution in [-0.4, -0.2) is 27.4 Å². The Morgan fingerprint density at radius 1 is 1.04 bits per heavy atom. The summed E-state index contributed by atoms with van der Waals surface area (Å²) in [5.74, 6) is -0.263. The van der Waals surface area contributed by atoms with Crippen LogP contribution in [0.1, 0.15) is 12.5 Å². The van der Waals surface area contributed by atoms with E-state index in [-0.39, 0.29) is 10.8 Å². The lowest BCUT2D eigenvalue weighted by molar-refractivity contribution is -0.119. The van der Waals surface area contributed by atoms with Crippen LogP contribution in [0.15, 0.2) is 51.8 Å². The number of sulfonamides is 1. The molecule has 1 aliphatic rings. The van der Waals surface area contributed by atoms with Crippen molar-refractivity contribution in [3.8, 4) is 0 Å². The van der Waals surface area contributed by atoms with Crippen molar-refractivity contribution in [2.45, 2.75) is 24.8 Å². The largest absolute Gasteiger partial charge is 0.312 e. The molecule has 0 bridgehead atoms. The number of amides is 1. The molecule has 1 aliphatic heterocycles. The van der Waals surface area contributed by atoms with Gasteiger partial charge in [0.2, 0.25) is 5.91 Å². The highest BCUT2D eigenvalue weighted by Crippen LogP contribution is 2.40. The van der Waals surface area contributed by atoms with Gasteiger partial charge in [-0.2, -0.15) is 0 Å². The topological polar surface area (TPSA) is 57.7 Å². The van der Waals surface area contributed by atoms with Gasteiger partial charge in [-0.1, -0.05) is 33.6 Å². The Labute approximate surface area is 150 Å². The van der Waals surface area contributed by atoms with Gasteiger partial charge < -0.3 is 4.90 Å². The Morgan fingerprint density at radius 2 is 1.67 bits per heavy atom. The maximum absolute atomic E-state index is 13.2. The number of anilines is 2. The number of carbonyl (C=O) groups is 1. The van der Waals surface area contributed by atoms with Gasteiger partial charge in [0.25, 0.3) is 10.0 Å². The van der Waals surface area contributed by atoms with E-state index in [1.807, 2.05) is 6.92 Å². The molecule has 0 aliphatic carbocycles. The molecule has 1 heterocycles. The summed E-state index contributed by atoms with van der Waals surface area (Å²) in [5.41, 5.74) is 2.02. The Balaban J connectivity index is 2.22. The molecular weight excluding hydrogens is 392 g/mol. The standard InChI is InChI=1S/C17H17BrN2O3S/c1-11-4-7-14(8-5-11)24(22,23)20-12(2)17(21)19(3)15-9-6-13(18)10-16(15)20/h4-10,12H,1-3H3/t12-/m0/s1. The molecule has 0 spiro atoms. The van der Waals surface area contributed by atoms with Crippen LogP contribution in [0.25, 0.3) is 0 Å². The zero-order valence-corrected chi connectivity index (χ0v) is 15.9. The second-order valence-corrected chi connectivity index (χ2v) is 8.55.